The standard InChI is InChI=1S/C16H16BrNO2/c17-9-12-4-6-15(7-5-12)16(20)18-10-13-2-1-3-14(8-13)11-19/h1-8,19H,9-11H2,(H,18,20). The molecule has 0 heterocycles. The molecule has 0 radical (unpaired) electrons. The van der Waals surface area contributed by atoms with Gasteiger partial charge in [0.25, 0.3) is 5.91 Å². The number of halogens is 1. The summed E-state index contributed by atoms with van der Waals surface area (Å²) in [7, 11) is 0. The molecule has 2 N–H and O–H groups in total. The lowest BCUT2D eigenvalue weighted by atomic mass is 10.1. The Balaban J connectivity index is 1.97. The second kappa shape index (κ2) is 7.22. The summed E-state index contributed by atoms with van der Waals surface area (Å²) in [5.41, 5.74) is 3.60. The van der Waals surface area contributed by atoms with Gasteiger partial charge in [-0.15, -0.1) is 0 Å². The van der Waals surface area contributed by atoms with E-state index in [0.29, 0.717) is 12.1 Å². The highest BCUT2D eigenvalue weighted by Crippen LogP contribution is 2.09. The van der Waals surface area contributed by atoms with Crippen molar-refractivity contribution >= 4 is 21.8 Å². The van der Waals surface area contributed by atoms with Gasteiger partial charge in [-0.05, 0) is 28.8 Å². The van der Waals surface area contributed by atoms with Gasteiger partial charge < -0.3 is 10.4 Å². The van der Waals surface area contributed by atoms with Crippen molar-refractivity contribution in [3.05, 3.63) is 70.8 Å². The van der Waals surface area contributed by atoms with Crippen molar-refractivity contribution in [3.8, 4) is 0 Å². The van der Waals surface area contributed by atoms with Crippen molar-refractivity contribution < 1.29 is 9.90 Å². The Bertz CT molecular complexity index is 581. The van der Waals surface area contributed by atoms with Crippen LogP contribution in [0.3, 0.4) is 0 Å². The summed E-state index contributed by atoms with van der Waals surface area (Å²) < 4.78 is 0. The Kier molecular flexibility index (Phi) is 5.32. The molecule has 2 rings (SSSR count). The van der Waals surface area contributed by atoms with Crippen LogP contribution in [0.5, 0.6) is 0 Å². The molecule has 0 spiro atoms. The molecular weight excluding hydrogens is 318 g/mol. The maximum absolute atomic E-state index is 12.0. The van der Waals surface area contributed by atoms with Gasteiger partial charge in [0.1, 0.15) is 0 Å². The summed E-state index contributed by atoms with van der Waals surface area (Å²) in [6, 6.07) is 15.0. The molecule has 0 aliphatic heterocycles. The largest absolute Gasteiger partial charge is 0.392 e. The van der Waals surface area contributed by atoms with Crippen LogP contribution in [0.15, 0.2) is 48.5 Å². The lowest BCUT2D eigenvalue weighted by Crippen LogP contribution is -2.22. The summed E-state index contributed by atoms with van der Waals surface area (Å²) in [5, 5.41) is 12.7. The monoisotopic (exact) mass is 333 g/mol. The molecule has 0 saturated heterocycles. The van der Waals surface area contributed by atoms with Gasteiger partial charge in [-0.3, -0.25) is 4.79 Å². The zero-order chi connectivity index (χ0) is 14.4. The number of hydrogen-bond acceptors (Lipinski definition) is 2. The fourth-order valence-electron chi connectivity index (χ4n) is 1.87. The first-order valence-electron chi connectivity index (χ1n) is 6.34. The summed E-state index contributed by atoms with van der Waals surface area (Å²) in [4.78, 5) is 12.0. The molecule has 2 aromatic carbocycles. The molecule has 2 aromatic rings. The Morgan fingerprint density at radius 2 is 1.75 bits per heavy atom. The third kappa shape index (κ3) is 3.92. The molecule has 0 aliphatic rings. The first-order valence-corrected chi connectivity index (χ1v) is 7.47. The third-order valence-electron chi connectivity index (χ3n) is 3.00. The number of alkyl halides is 1. The summed E-state index contributed by atoms with van der Waals surface area (Å²) in [6.07, 6.45) is 0. The van der Waals surface area contributed by atoms with E-state index in [1.54, 1.807) is 0 Å². The van der Waals surface area contributed by atoms with Gasteiger partial charge in [0, 0.05) is 17.4 Å². The van der Waals surface area contributed by atoms with Crippen LogP contribution in [0.1, 0.15) is 27.0 Å². The van der Waals surface area contributed by atoms with Crippen LogP contribution >= 0.6 is 15.9 Å². The third-order valence-corrected chi connectivity index (χ3v) is 3.64. The molecular formula is C16H16BrNO2. The van der Waals surface area contributed by atoms with Crippen LogP contribution in [-0.2, 0) is 18.5 Å². The van der Waals surface area contributed by atoms with Gasteiger partial charge in [0.2, 0.25) is 0 Å². The van der Waals surface area contributed by atoms with Crippen molar-refractivity contribution in [3.63, 3.8) is 0 Å². The van der Waals surface area contributed by atoms with E-state index < -0.39 is 0 Å². The van der Waals surface area contributed by atoms with Crippen molar-refractivity contribution in [2.24, 2.45) is 0 Å². The number of rotatable bonds is 5. The SMILES string of the molecule is O=C(NCc1cccc(CO)c1)c1ccc(CBr)cc1. The van der Waals surface area contributed by atoms with Gasteiger partial charge >= 0.3 is 0 Å². The van der Waals surface area contributed by atoms with Gasteiger partial charge in [-0.2, -0.15) is 0 Å². The molecule has 20 heavy (non-hydrogen) atoms. The molecule has 0 aliphatic carbocycles. The number of hydrogen-bond donors (Lipinski definition) is 2. The highest BCUT2D eigenvalue weighted by Gasteiger charge is 2.05. The minimum atomic E-state index is -0.0967. The predicted molar refractivity (Wildman–Crippen MR) is 82.6 cm³/mol. The van der Waals surface area contributed by atoms with Gasteiger partial charge in [-0.25, -0.2) is 0 Å². The molecule has 1 amide bonds. The highest BCUT2D eigenvalue weighted by atomic mass is 79.9. The lowest BCUT2D eigenvalue weighted by Gasteiger charge is -2.07. The fourth-order valence-corrected chi connectivity index (χ4v) is 2.24. The Morgan fingerprint density at radius 1 is 1.05 bits per heavy atom. The maximum atomic E-state index is 12.0. The number of benzene rings is 2. The number of nitrogens with one attached hydrogen (secondary N) is 1. The molecule has 0 unspecified atom stereocenters. The fraction of sp³-hybridized carbons (Fsp3) is 0.188. The molecule has 104 valence electrons. The van der Waals surface area contributed by atoms with E-state index in [1.807, 2.05) is 48.5 Å². The molecule has 0 bridgehead atoms. The second-order valence-corrected chi connectivity index (χ2v) is 5.05. The minimum absolute atomic E-state index is 0.00972. The zero-order valence-corrected chi connectivity index (χ0v) is 12.6. The van der Waals surface area contributed by atoms with E-state index in [0.717, 1.165) is 22.0 Å². The molecule has 0 aromatic heterocycles. The normalized spacial score (nSPS) is 10.3. The van der Waals surface area contributed by atoms with Crippen molar-refractivity contribution in [2.45, 2.75) is 18.5 Å². The predicted octanol–water partition coefficient (Wildman–Crippen LogP) is 3.00. The maximum Gasteiger partial charge on any atom is 0.251 e. The topological polar surface area (TPSA) is 49.3 Å². The van der Waals surface area contributed by atoms with Crippen LogP contribution in [-0.4, -0.2) is 11.0 Å². The first-order chi connectivity index (χ1) is 9.72. The van der Waals surface area contributed by atoms with E-state index in [1.165, 1.54) is 0 Å². The van der Waals surface area contributed by atoms with E-state index in [9.17, 15) is 4.79 Å². The van der Waals surface area contributed by atoms with Crippen LogP contribution in [0.2, 0.25) is 0 Å². The number of carbonyl (C=O) groups is 1. The molecule has 4 heteroatoms. The van der Waals surface area contributed by atoms with Crippen molar-refractivity contribution in [2.75, 3.05) is 0 Å². The summed E-state index contributed by atoms with van der Waals surface area (Å²) in [6.45, 7) is 0.461. The molecule has 0 atom stereocenters. The Hall–Kier alpha value is -1.65. The summed E-state index contributed by atoms with van der Waals surface area (Å²) in [5.74, 6) is -0.0967. The average molecular weight is 334 g/mol. The first kappa shape index (κ1) is 14.8. The van der Waals surface area contributed by atoms with Gasteiger partial charge in [0.15, 0.2) is 0 Å². The average Bonchev–Trinajstić information content (AvgIpc) is 2.53. The zero-order valence-electron chi connectivity index (χ0n) is 11.0. The number of amides is 1. The number of carbonyl (C=O) groups excluding carboxylic acids is 1. The van der Waals surface area contributed by atoms with Crippen LogP contribution in [0.4, 0.5) is 0 Å². The molecule has 0 fully saturated rings. The lowest BCUT2D eigenvalue weighted by molar-refractivity contribution is 0.0951. The number of aliphatic hydroxyl groups excluding tert-OH is 1. The van der Waals surface area contributed by atoms with E-state index >= 15 is 0 Å². The quantitative estimate of drug-likeness (QED) is 0.826. The Labute approximate surface area is 126 Å². The van der Waals surface area contributed by atoms with E-state index in [4.69, 9.17) is 5.11 Å². The smallest absolute Gasteiger partial charge is 0.251 e. The number of aliphatic hydroxyl groups is 1. The van der Waals surface area contributed by atoms with Crippen LogP contribution < -0.4 is 5.32 Å². The van der Waals surface area contributed by atoms with Crippen molar-refractivity contribution in [1.82, 2.24) is 5.32 Å². The highest BCUT2D eigenvalue weighted by molar-refractivity contribution is 9.08. The van der Waals surface area contributed by atoms with Crippen molar-refractivity contribution in [1.29, 1.82) is 0 Å². The summed E-state index contributed by atoms with van der Waals surface area (Å²) >= 11 is 3.37. The van der Waals surface area contributed by atoms with E-state index in [2.05, 4.69) is 21.2 Å². The minimum Gasteiger partial charge on any atom is -0.392 e. The van der Waals surface area contributed by atoms with Gasteiger partial charge in [0.05, 0.1) is 6.61 Å². The second-order valence-electron chi connectivity index (χ2n) is 4.49. The molecule has 0 saturated carbocycles. The van der Waals surface area contributed by atoms with E-state index in [-0.39, 0.29) is 12.5 Å². The van der Waals surface area contributed by atoms with Crippen LogP contribution in [0.25, 0.3) is 0 Å². The molecule has 3 nitrogen and oxygen atoms in total. The Morgan fingerprint density at radius 3 is 2.40 bits per heavy atom. The van der Waals surface area contributed by atoms with Crippen LogP contribution in [0, 0.1) is 0 Å². The van der Waals surface area contributed by atoms with Gasteiger partial charge in [-0.1, -0.05) is 52.3 Å².